The van der Waals surface area contributed by atoms with Crippen molar-refractivity contribution in [1.29, 1.82) is 0 Å². The number of hydrogen-bond acceptors (Lipinski definition) is 0. The van der Waals surface area contributed by atoms with Crippen molar-refractivity contribution in [3.05, 3.63) is 152 Å². The van der Waals surface area contributed by atoms with Crippen molar-refractivity contribution in [1.82, 2.24) is 0 Å². The Morgan fingerprint density at radius 2 is 0.686 bits per heavy atom. The van der Waals surface area contributed by atoms with Gasteiger partial charge in [-0.1, -0.05) is 121 Å². The van der Waals surface area contributed by atoms with Crippen molar-refractivity contribution in [3.63, 3.8) is 0 Å². The van der Waals surface area contributed by atoms with Crippen LogP contribution in [0.2, 0.25) is 0 Å². The first-order chi connectivity index (χ1) is 17.4. The van der Waals surface area contributed by atoms with Gasteiger partial charge in [0.2, 0.25) is 0 Å². The number of hydrogen-bond donors (Lipinski definition) is 0. The third-order valence-electron chi connectivity index (χ3n) is 5.37. The van der Waals surface area contributed by atoms with Crippen molar-refractivity contribution in [3.8, 4) is 0 Å². The minimum atomic E-state index is -0.348. The van der Waals surface area contributed by atoms with Gasteiger partial charge in [-0.25, -0.2) is 12.1 Å². The number of halogens is 1. The molecule has 178 valence electrons. The Kier molecular flexibility index (Phi) is 13.1. The molecule has 0 saturated carbocycles. The molecule has 4 heteroatoms. The summed E-state index contributed by atoms with van der Waals surface area (Å²) in [7, 11) is 3.87. The summed E-state index contributed by atoms with van der Waals surface area (Å²) >= 11 is 1.82. The topological polar surface area (TPSA) is 0 Å². The van der Waals surface area contributed by atoms with E-state index in [1.54, 1.807) is 0 Å². The smallest absolute Gasteiger partial charge is 0.0195 e. The average molecular weight is 600 g/mol. The standard InChI is InChI=1S/C26H24P2.C5H5.ClH.Ru/c1-5-13-23(14-6-1)27(24-15-7-2-8-16-24)21-22-28(25-17-9-3-10-18-25)26-19-11-4-12-20-26;1-2-4-5-3-1;;/h1-20H,21-22H2;1-5H;1H;/q;-1;;+2/p-1. The molecule has 0 heterocycles. The van der Waals surface area contributed by atoms with Crippen molar-refractivity contribution in [2.45, 2.75) is 0 Å². The molecule has 0 spiro atoms. The van der Waals surface area contributed by atoms with Gasteiger partial charge < -0.3 is 0 Å². The molecule has 0 saturated heterocycles. The number of benzene rings is 4. The molecular weight excluding hydrogens is 571 g/mol. The largest absolute Gasteiger partial charge is 0.214 e. The van der Waals surface area contributed by atoms with Crippen molar-refractivity contribution < 1.29 is 17.3 Å². The van der Waals surface area contributed by atoms with Crippen LogP contribution in [0, 0.1) is 0 Å². The Morgan fingerprint density at radius 1 is 0.429 bits per heavy atom. The molecule has 0 aliphatic heterocycles. The maximum Gasteiger partial charge on any atom is -0.0195 e. The van der Waals surface area contributed by atoms with E-state index >= 15 is 0 Å². The Hall–Kier alpha value is -2.00. The van der Waals surface area contributed by atoms with Crippen LogP contribution in [0.25, 0.3) is 0 Å². The second-order valence-electron chi connectivity index (χ2n) is 7.61. The van der Waals surface area contributed by atoms with Crippen LogP contribution in [-0.4, -0.2) is 12.3 Å². The summed E-state index contributed by atoms with van der Waals surface area (Å²) < 4.78 is 0. The molecule has 0 aliphatic rings. The normalized spacial score (nSPS) is 10.2. The first-order valence-corrected chi connectivity index (χ1v) is 16.8. The Morgan fingerprint density at radius 3 is 0.886 bits per heavy atom. The first-order valence-electron chi connectivity index (χ1n) is 11.5. The predicted molar refractivity (Wildman–Crippen MR) is 156 cm³/mol. The fourth-order valence-corrected chi connectivity index (χ4v) is 9.12. The molecule has 0 amide bonds. The molecule has 0 aliphatic carbocycles. The molecule has 35 heavy (non-hydrogen) atoms. The Bertz CT molecular complexity index is 973. The van der Waals surface area contributed by atoms with E-state index < -0.39 is 0 Å². The molecule has 0 fully saturated rings. The minimum Gasteiger partial charge on any atom is -0.214 e. The molecule has 0 atom stereocenters. The van der Waals surface area contributed by atoms with Crippen molar-refractivity contribution >= 4 is 46.8 Å². The first kappa shape index (κ1) is 27.6. The molecule has 0 N–H and O–H groups in total. The molecule has 5 rings (SSSR count). The van der Waals surface area contributed by atoms with Crippen LogP contribution in [0.1, 0.15) is 0 Å². The third-order valence-corrected chi connectivity index (χ3v) is 10.8. The van der Waals surface area contributed by atoms with Gasteiger partial charge in [0.15, 0.2) is 0 Å². The van der Waals surface area contributed by atoms with Gasteiger partial charge in [0.25, 0.3) is 0 Å². The van der Waals surface area contributed by atoms with Crippen LogP contribution < -0.4 is 21.2 Å². The van der Waals surface area contributed by atoms with E-state index in [1.807, 2.05) is 47.6 Å². The molecule has 5 aromatic carbocycles. The van der Waals surface area contributed by atoms with Gasteiger partial charge in [-0.3, -0.25) is 0 Å². The van der Waals surface area contributed by atoms with Gasteiger partial charge in [0, 0.05) is 0 Å². The van der Waals surface area contributed by atoms with Crippen LogP contribution >= 0.6 is 25.5 Å². The molecular formula is C31H29ClP2Ru. The SMILES string of the molecule is [Cl][Ru+].c1cc[cH-]c1.c1ccc(P(CCP(c2ccccc2)c2ccccc2)c2ccccc2)cc1. The maximum atomic E-state index is 4.57. The summed E-state index contributed by atoms with van der Waals surface area (Å²) in [5.41, 5.74) is 0. The van der Waals surface area contributed by atoms with Crippen LogP contribution in [0.4, 0.5) is 0 Å². The van der Waals surface area contributed by atoms with E-state index in [2.05, 4.69) is 131 Å². The van der Waals surface area contributed by atoms with Gasteiger partial charge in [-0.15, -0.1) is 0 Å². The summed E-state index contributed by atoms with van der Waals surface area (Å²) in [4.78, 5) is 0. The molecule has 0 nitrogen and oxygen atoms in total. The van der Waals surface area contributed by atoms with Crippen LogP contribution in [0.15, 0.2) is 152 Å². The summed E-state index contributed by atoms with van der Waals surface area (Å²) in [5.74, 6) is 0. The van der Waals surface area contributed by atoms with E-state index in [0.29, 0.717) is 0 Å². The zero-order valence-electron chi connectivity index (χ0n) is 19.5. The van der Waals surface area contributed by atoms with Crippen LogP contribution in [0.5, 0.6) is 0 Å². The molecule has 0 unspecified atom stereocenters. The fourth-order valence-electron chi connectivity index (χ4n) is 3.77. The number of rotatable bonds is 7. The average Bonchev–Trinajstić information content (AvgIpc) is 3.55. The van der Waals surface area contributed by atoms with E-state index in [4.69, 9.17) is 0 Å². The quantitative estimate of drug-likeness (QED) is 0.104. The van der Waals surface area contributed by atoms with E-state index in [9.17, 15) is 0 Å². The fraction of sp³-hybridized carbons (Fsp3) is 0.0645. The third kappa shape index (κ3) is 9.19. The summed E-state index contributed by atoms with van der Waals surface area (Å²) in [6.45, 7) is 0. The van der Waals surface area contributed by atoms with Gasteiger partial charge in [-0.05, 0) is 49.4 Å². The minimum absolute atomic E-state index is 0.348. The summed E-state index contributed by atoms with van der Waals surface area (Å²) in [6.07, 6.45) is 2.41. The van der Waals surface area contributed by atoms with Gasteiger partial charge in [0.1, 0.15) is 0 Å². The van der Waals surface area contributed by atoms with Gasteiger partial charge in [-0.2, -0.15) is 18.2 Å². The molecule has 0 aromatic heterocycles. The second kappa shape index (κ2) is 16.6. The van der Waals surface area contributed by atoms with Crippen molar-refractivity contribution in [2.75, 3.05) is 12.3 Å². The maximum absolute atomic E-state index is 4.57. The van der Waals surface area contributed by atoms with E-state index in [1.165, 1.54) is 33.5 Å². The Balaban J connectivity index is 0.000000428. The van der Waals surface area contributed by atoms with Gasteiger partial charge >= 0.3 is 27.0 Å². The van der Waals surface area contributed by atoms with Crippen LogP contribution in [0.3, 0.4) is 0 Å². The molecule has 0 bridgehead atoms. The molecule has 0 radical (unpaired) electrons. The zero-order chi connectivity index (χ0) is 24.6. The van der Waals surface area contributed by atoms with E-state index in [-0.39, 0.29) is 15.8 Å². The second-order valence-corrected chi connectivity index (χ2v) is 12.3. The van der Waals surface area contributed by atoms with Crippen LogP contribution in [-0.2, 0) is 17.3 Å². The Labute approximate surface area is 227 Å². The monoisotopic (exact) mass is 600 g/mol. The van der Waals surface area contributed by atoms with Gasteiger partial charge in [0.05, 0.1) is 0 Å². The van der Waals surface area contributed by atoms with E-state index in [0.717, 1.165) is 0 Å². The summed E-state index contributed by atoms with van der Waals surface area (Å²) in [6, 6.07) is 54.2. The predicted octanol–water partition coefficient (Wildman–Crippen LogP) is 7.34. The molecule has 5 aromatic rings. The van der Waals surface area contributed by atoms with Crippen molar-refractivity contribution in [2.24, 2.45) is 0 Å². The zero-order valence-corrected chi connectivity index (χ0v) is 23.8. The summed E-state index contributed by atoms with van der Waals surface area (Å²) in [5, 5.41) is 5.89.